The fourth-order valence-corrected chi connectivity index (χ4v) is 3.28. The fourth-order valence-electron chi connectivity index (χ4n) is 1.17. The van der Waals surface area contributed by atoms with Gasteiger partial charge in [0.2, 0.25) is 5.13 Å². The first-order valence-electron chi connectivity index (χ1n) is 4.43. The van der Waals surface area contributed by atoms with E-state index in [4.69, 9.17) is 17.3 Å². The summed E-state index contributed by atoms with van der Waals surface area (Å²) >= 11 is 6.49. The Morgan fingerprint density at radius 1 is 1.44 bits per heavy atom. The van der Waals surface area contributed by atoms with Crippen LogP contribution in [0.15, 0.2) is 22.5 Å². The Bertz CT molecular complexity index is 675. The third-order valence-corrected chi connectivity index (χ3v) is 4.24. The molecule has 0 aliphatic carbocycles. The van der Waals surface area contributed by atoms with Crippen LogP contribution in [0, 0.1) is 5.82 Å². The van der Waals surface area contributed by atoms with E-state index in [2.05, 4.69) is 14.9 Å². The Hall–Kier alpha value is -1.45. The van der Waals surface area contributed by atoms with Crippen molar-refractivity contribution in [2.75, 3.05) is 10.5 Å². The molecular weight excluding hydrogens is 303 g/mol. The molecule has 0 radical (unpaired) electrons. The summed E-state index contributed by atoms with van der Waals surface area (Å²) in [4.78, 5) is -0.636. The Morgan fingerprint density at radius 3 is 2.78 bits per heavy atom. The van der Waals surface area contributed by atoms with E-state index < -0.39 is 20.7 Å². The van der Waals surface area contributed by atoms with Gasteiger partial charge in [0, 0.05) is 5.69 Å². The van der Waals surface area contributed by atoms with Crippen LogP contribution >= 0.6 is 22.9 Å². The minimum atomic E-state index is -4.14. The number of hydrogen-bond acceptors (Lipinski definition) is 6. The van der Waals surface area contributed by atoms with E-state index in [1.807, 2.05) is 0 Å². The SMILES string of the molecule is Nc1cc(Cl)c(F)c(S(=O)(=O)Nc2nncs2)c1. The zero-order chi connectivity index (χ0) is 13.3. The number of sulfonamides is 1. The van der Waals surface area contributed by atoms with Gasteiger partial charge in [0.15, 0.2) is 5.82 Å². The predicted octanol–water partition coefficient (Wildman–Crippen LogP) is 1.71. The number of anilines is 2. The van der Waals surface area contributed by atoms with Crippen LogP contribution in [0.4, 0.5) is 15.2 Å². The lowest BCUT2D eigenvalue weighted by atomic mass is 10.3. The van der Waals surface area contributed by atoms with E-state index in [0.29, 0.717) is 0 Å². The van der Waals surface area contributed by atoms with Crippen LogP contribution < -0.4 is 10.5 Å². The average Bonchev–Trinajstić information content (AvgIpc) is 2.75. The standard InChI is InChI=1S/C8H6ClFN4O2S2/c9-5-1-4(11)2-6(7(5)10)18(15,16)14-8-13-12-3-17-8/h1-3H,11H2,(H,13,14). The van der Waals surface area contributed by atoms with Gasteiger partial charge in [-0.25, -0.2) is 12.8 Å². The van der Waals surface area contributed by atoms with Gasteiger partial charge in [-0.05, 0) is 12.1 Å². The van der Waals surface area contributed by atoms with Crippen molar-refractivity contribution in [3.63, 3.8) is 0 Å². The average molecular weight is 309 g/mol. The zero-order valence-electron chi connectivity index (χ0n) is 8.59. The molecule has 0 atom stereocenters. The molecule has 3 N–H and O–H groups in total. The number of aromatic nitrogens is 2. The quantitative estimate of drug-likeness (QED) is 0.841. The van der Waals surface area contributed by atoms with Gasteiger partial charge in [0.25, 0.3) is 10.0 Å². The molecule has 0 bridgehead atoms. The van der Waals surface area contributed by atoms with E-state index in [9.17, 15) is 12.8 Å². The second-order valence-corrected chi connectivity index (χ2v) is 6.06. The molecule has 0 fully saturated rings. The number of hydrogen-bond donors (Lipinski definition) is 2. The van der Waals surface area contributed by atoms with Crippen LogP contribution in [0.5, 0.6) is 0 Å². The molecule has 6 nitrogen and oxygen atoms in total. The summed E-state index contributed by atoms with van der Waals surface area (Å²) in [7, 11) is -4.14. The molecule has 2 aromatic rings. The van der Waals surface area contributed by atoms with Gasteiger partial charge in [-0.15, -0.1) is 10.2 Å². The number of rotatable bonds is 3. The first kappa shape index (κ1) is 13.0. The summed E-state index contributed by atoms with van der Waals surface area (Å²) in [6, 6.07) is 2.10. The molecule has 0 saturated carbocycles. The van der Waals surface area contributed by atoms with Crippen LogP contribution in [0.3, 0.4) is 0 Å². The topological polar surface area (TPSA) is 98.0 Å². The van der Waals surface area contributed by atoms with Gasteiger partial charge in [-0.2, -0.15) is 0 Å². The summed E-state index contributed by atoms with van der Waals surface area (Å²) in [5.41, 5.74) is 6.80. The van der Waals surface area contributed by atoms with Crippen molar-refractivity contribution < 1.29 is 12.8 Å². The Kier molecular flexibility index (Phi) is 3.37. The lowest BCUT2D eigenvalue weighted by molar-refractivity contribution is 0.571. The van der Waals surface area contributed by atoms with Gasteiger partial charge in [0.1, 0.15) is 10.4 Å². The van der Waals surface area contributed by atoms with Crippen LogP contribution in [-0.2, 0) is 10.0 Å². The molecule has 0 spiro atoms. The minimum absolute atomic E-state index is 0.0212. The predicted molar refractivity (Wildman–Crippen MR) is 66.5 cm³/mol. The molecule has 0 unspecified atom stereocenters. The molecule has 1 aromatic carbocycles. The Balaban J connectivity index is 2.48. The second kappa shape index (κ2) is 4.67. The van der Waals surface area contributed by atoms with E-state index in [1.165, 1.54) is 5.51 Å². The maximum absolute atomic E-state index is 13.7. The monoisotopic (exact) mass is 308 g/mol. The van der Waals surface area contributed by atoms with Crippen molar-refractivity contribution >= 4 is 43.8 Å². The lowest BCUT2D eigenvalue weighted by Crippen LogP contribution is -2.15. The molecule has 10 heteroatoms. The normalized spacial score (nSPS) is 11.4. The highest BCUT2D eigenvalue weighted by atomic mass is 35.5. The summed E-state index contributed by atoms with van der Waals surface area (Å²) in [5.74, 6) is -1.07. The summed E-state index contributed by atoms with van der Waals surface area (Å²) < 4.78 is 39.5. The van der Waals surface area contributed by atoms with Crippen molar-refractivity contribution in [2.45, 2.75) is 4.90 Å². The van der Waals surface area contributed by atoms with Gasteiger partial charge >= 0.3 is 0 Å². The lowest BCUT2D eigenvalue weighted by Gasteiger charge is -2.07. The number of halogens is 2. The summed E-state index contributed by atoms with van der Waals surface area (Å²) in [5, 5.41) is 6.60. The van der Waals surface area contributed by atoms with Gasteiger partial charge in [-0.1, -0.05) is 22.9 Å². The van der Waals surface area contributed by atoms with Gasteiger partial charge in [0.05, 0.1) is 5.02 Å². The molecule has 1 heterocycles. The van der Waals surface area contributed by atoms with E-state index in [1.54, 1.807) is 0 Å². The van der Waals surface area contributed by atoms with Crippen molar-refractivity contribution in [3.05, 3.63) is 28.5 Å². The summed E-state index contributed by atoms with van der Waals surface area (Å²) in [6.45, 7) is 0. The third-order valence-electron chi connectivity index (χ3n) is 1.89. The highest BCUT2D eigenvalue weighted by Crippen LogP contribution is 2.27. The van der Waals surface area contributed by atoms with Crippen molar-refractivity contribution in [2.24, 2.45) is 0 Å². The summed E-state index contributed by atoms with van der Waals surface area (Å²) in [6.07, 6.45) is 0. The number of nitrogens with one attached hydrogen (secondary N) is 1. The van der Waals surface area contributed by atoms with E-state index >= 15 is 0 Å². The van der Waals surface area contributed by atoms with Crippen LogP contribution in [0.25, 0.3) is 0 Å². The second-order valence-electron chi connectivity index (χ2n) is 3.16. The maximum Gasteiger partial charge on any atom is 0.266 e. The third kappa shape index (κ3) is 2.52. The van der Waals surface area contributed by atoms with E-state index in [-0.39, 0.29) is 15.8 Å². The highest BCUT2D eigenvalue weighted by Gasteiger charge is 2.23. The molecule has 18 heavy (non-hydrogen) atoms. The Labute approximate surface area is 111 Å². The van der Waals surface area contributed by atoms with Gasteiger partial charge in [-0.3, -0.25) is 4.72 Å². The van der Waals surface area contributed by atoms with E-state index in [0.717, 1.165) is 23.5 Å². The molecule has 1 aromatic heterocycles. The first-order chi connectivity index (χ1) is 8.40. The number of benzene rings is 1. The van der Waals surface area contributed by atoms with Crippen LogP contribution in [0.1, 0.15) is 0 Å². The molecular formula is C8H6ClFN4O2S2. The molecule has 96 valence electrons. The molecule has 0 aliphatic heterocycles. The molecule has 0 amide bonds. The largest absolute Gasteiger partial charge is 0.399 e. The zero-order valence-corrected chi connectivity index (χ0v) is 11.0. The number of nitrogen functional groups attached to an aromatic ring is 1. The van der Waals surface area contributed by atoms with Gasteiger partial charge < -0.3 is 5.73 Å². The smallest absolute Gasteiger partial charge is 0.266 e. The fraction of sp³-hybridized carbons (Fsp3) is 0. The highest BCUT2D eigenvalue weighted by molar-refractivity contribution is 7.93. The van der Waals surface area contributed by atoms with Crippen LogP contribution in [-0.4, -0.2) is 18.6 Å². The number of nitrogens with two attached hydrogens (primary N) is 1. The minimum Gasteiger partial charge on any atom is -0.399 e. The molecule has 0 aliphatic rings. The van der Waals surface area contributed by atoms with Crippen LogP contribution in [0.2, 0.25) is 5.02 Å². The number of nitrogens with zero attached hydrogens (tertiary/aromatic N) is 2. The van der Waals surface area contributed by atoms with Crippen molar-refractivity contribution in [1.29, 1.82) is 0 Å². The Morgan fingerprint density at radius 2 is 2.17 bits per heavy atom. The molecule has 0 saturated heterocycles. The first-order valence-corrected chi connectivity index (χ1v) is 7.18. The maximum atomic E-state index is 13.7. The van der Waals surface area contributed by atoms with Crippen molar-refractivity contribution in [3.8, 4) is 0 Å². The molecule has 2 rings (SSSR count). The van der Waals surface area contributed by atoms with Crippen molar-refractivity contribution in [1.82, 2.24) is 10.2 Å².